The molecule has 7 nitrogen and oxygen atoms in total. The summed E-state index contributed by atoms with van der Waals surface area (Å²) >= 11 is 0. The number of nitrogens with two attached hydrogens (primary N) is 2. The van der Waals surface area contributed by atoms with Crippen LogP contribution in [0.4, 0.5) is 0 Å². The topological polar surface area (TPSA) is 125 Å². The Labute approximate surface area is 118 Å². The largest absolute Gasteiger partial charge is 0.370 e. The highest BCUT2D eigenvalue weighted by Crippen LogP contribution is 2.14. The van der Waals surface area contributed by atoms with Crippen LogP contribution < -0.4 is 16.2 Å². The first-order chi connectivity index (χ1) is 9.36. The monoisotopic (exact) mass is 301 g/mol. The predicted octanol–water partition coefficient (Wildman–Crippen LogP) is -0.766. The number of benzene rings is 1. The van der Waals surface area contributed by atoms with Gasteiger partial charge in [-0.05, 0) is 30.2 Å². The minimum absolute atomic E-state index is 0.0628. The van der Waals surface area contributed by atoms with E-state index in [0.29, 0.717) is 6.54 Å². The van der Waals surface area contributed by atoms with Crippen LogP contribution in [0.1, 0.15) is 11.1 Å². The van der Waals surface area contributed by atoms with Gasteiger partial charge in [0.25, 0.3) is 0 Å². The zero-order valence-corrected chi connectivity index (χ0v) is 12.1. The minimum atomic E-state index is -3.60. The quantitative estimate of drug-likeness (QED) is 0.544. The maximum atomic E-state index is 12.0. The molecule has 5 N–H and O–H groups in total. The Bertz CT molecular complexity index is 572. The van der Waals surface area contributed by atoms with Crippen LogP contribution in [0.3, 0.4) is 0 Å². The Hall–Kier alpha value is -1.48. The van der Waals surface area contributed by atoms with E-state index < -0.39 is 15.9 Å². The van der Waals surface area contributed by atoms with Crippen LogP contribution in [0.15, 0.2) is 23.1 Å². The first-order valence-electron chi connectivity index (χ1n) is 6.02. The number of sulfonamides is 1. The second kappa shape index (κ2) is 7.34. The molecule has 1 amide bonds. The van der Waals surface area contributed by atoms with E-state index in [9.17, 15) is 13.2 Å². The molecule has 1 aromatic rings. The highest BCUT2D eigenvalue weighted by Gasteiger charge is 2.14. The van der Waals surface area contributed by atoms with E-state index in [0.717, 1.165) is 11.1 Å². The lowest BCUT2D eigenvalue weighted by Gasteiger charge is -2.09. The highest BCUT2D eigenvalue weighted by atomic mass is 32.2. The lowest BCUT2D eigenvalue weighted by molar-refractivity contribution is -0.122. The molecule has 0 saturated carbocycles. The van der Waals surface area contributed by atoms with Crippen molar-refractivity contribution in [3.8, 4) is 0 Å². The molecule has 0 radical (unpaired) electrons. The van der Waals surface area contributed by atoms with Crippen molar-refractivity contribution in [1.29, 1.82) is 0 Å². The number of ether oxygens (including phenoxy) is 1. The minimum Gasteiger partial charge on any atom is -0.370 e. The molecule has 0 bridgehead atoms. The third-order valence-corrected chi connectivity index (χ3v) is 4.09. The van der Waals surface area contributed by atoms with Crippen LogP contribution in [0.2, 0.25) is 0 Å². The van der Waals surface area contributed by atoms with Gasteiger partial charge in [-0.3, -0.25) is 4.79 Å². The summed E-state index contributed by atoms with van der Waals surface area (Å²) in [7, 11) is -3.60. The lowest BCUT2D eigenvalue weighted by Crippen LogP contribution is -2.29. The molecule has 0 fully saturated rings. The van der Waals surface area contributed by atoms with Gasteiger partial charge < -0.3 is 16.2 Å². The first-order valence-corrected chi connectivity index (χ1v) is 7.50. The molecule has 0 aliphatic heterocycles. The maximum Gasteiger partial charge on any atom is 0.243 e. The molecule has 8 heteroatoms. The smallest absolute Gasteiger partial charge is 0.243 e. The third-order valence-electron chi connectivity index (χ3n) is 2.63. The van der Waals surface area contributed by atoms with Crippen molar-refractivity contribution < 1.29 is 17.9 Å². The van der Waals surface area contributed by atoms with Gasteiger partial charge in [0.1, 0.15) is 6.61 Å². The summed E-state index contributed by atoms with van der Waals surface area (Å²) in [5.41, 5.74) is 12.1. The lowest BCUT2D eigenvalue weighted by atomic mass is 10.1. The average molecular weight is 301 g/mol. The van der Waals surface area contributed by atoms with Crippen molar-refractivity contribution >= 4 is 15.9 Å². The molecule has 0 saturated heterocycles. The standard InChI is InChI=1S/C12H19N3O4S/c1-9-6-11(3-2-10(9)7-13)20(17,18)15-4-5-19-8-12(14)16/h2-3,6,15H,4-5,7-8,13H2,1H3,(H2,14,16). The fourth-order valence-corrected chi connectivity index (χ4v) is 2.67. The van der Waals surface area contributed by atoms with Gasteiger partial charge in [0.2, 0.25) is 15.9 Å². The molecule has 112 valence electrons. The van der Waals surface area contributed by atoms with Crippen molar-refractivity contribution in [2.75, 3.05) is 19.8 Å². The molecule has 0 aromatic heterocycles. The van der Waals surface area contributed by atoms with Crippen LogP contribution in [-0.4, -0.2) is 34.1 Å². The number of aryl methyl sites for hydroxylation is 1. The van der Waals surface area contributed by atoms with Gasteiger partial charge in [-0.2, -0.15) is 0 Å². The molecular weight excluding hydrogens is 282 g/mol. The van der Waals surface area contributed by atoms with Crippen molar-refractivity contribution in [3.05, 3.63) is 29.3 Å². The van der Waals surface area contributed by atoms with Crippen LogP contribution in [-0.2, 0) is 26.1 Å². The summed E-state index contributed by atoms with van der Waals surface area (Å²) in [5, 5.41) is 0. The molecule has 0 atom stereocenters. The van der Waals surface area contributed by atoms with E-state index in [1.165, 1.54) is 6.07 Å². The molecule has 1 rings (SSSR count). The number of nitrogens with one attached hydrogen (secondary N) is 1. The number of carbonyl (C=O) groups is 1. The fourth-order valence-electron chi connectivity index (χ4n) is 1.57. The van der Waals surface area contributed by atoms with E-state index in [1.54, 1.807) is 19.1 Å². The SMILES string of the molecule is Cc1cc(S(=O)(=O)NCCOCC(N)=O)ccc1CN. The first kappa shape index (κ1) is 16.6. The average Bonchev–Trinajstić information content (AvgIpc) is 2.37. The predicted molar refractivity (Wildman–Crippen MR) is 74.3 cm³/mol. The van der Waals surface area contributed by atoms with Gasteiger partial charge in [0, 0.05) is 13.1 Å². The molecule has 20 heavy (non-hydrogen) atoms. The number of rotatable bonds is 8. The Morgan fingerprint density at radius 2 is 2.10 bits per heavy atom. The van der Waals surface area contributed by atoms with Crippen LogP contribution >= 0.6 is 0 Å². The maximum absolute atomic E-state index is 12.0. The van der Waals surface area contributed by atoms with Crippen molar-refractivity contribution in [2.24, 2.45) is 11.5 Å². The van der Waals surface area contributed by atoms with E-state index >= 15 is 0 Å². The summed E-state index contributed by atoms with van der Waals surface area (Å²) < 4.78 is 31.2. The molecule has 0 aliphatic carbocycles. The highest BCUT2D eigenvalue weighted by molar-refractivity contribution is 7.89. The molecule has 1 aromatic carbocycles. The summed E-state index contributed by atoms with van der Waals surface area (Å²) in [5.74, 6) is -0.596. The summed E-state index contributed by atoms with van der Waals surface area (Å²) in [6, 6.07) is 4.75. The summed E-state index contributed by atoms with van der Waals surface area (Å²) in [4.78, 5) is 10.6. The molecule has 0 spiro atoms. The van der Waals surface area contributed by atoms with Gasteiger partial charge in [0.15, 0.2) is 0 Å². The van der Waals surface area contributed by atoms with Crippen LogP contribution in [0, 0.1) is 6.92 Å². The van der Waals surface area contributed by atoms with Gasteiger partial charge in [0.05, 0.1) is 11.5 Å². The van der Waals surface area contributed by atoms with Crippen LogP contribution in [0.5, 0.6) is 0 Å². The summed E-state index contributed by atoms with van der Waals surface area (Å²) in [6.07, 6.45) is 0. The van der Waals surface area contributed by atoms with Crippen molar-refractivity contribution in [3.63, 3.8) is 0 Å². The fraction of sp³-hybridized carbons (Fsp3) is 0.417. The molecule has 0 aliphatic rings. The second-order valence-electron chi connectivity index (χ2n) is 4.21. The zero-order chi connectivity index (χ0) is 15.2. The zero-order valence-electron chi connectivity index (χ0n) is 11.3. The van der Waals surface area contributed by atoms with Crippen molar-refractivity contribution in [2.45, 2.75) is 18.4 Å². The number of carbonyl (C=O) groups excluding carboxylic acids is 1. The van der Waals surface area contributed by atoms with Gasteiger partial charge >= 0.3 is 0 Å². The third kappa shape index (κ3) is 4.89. The Balaban J connectivity index is 2.60. The van der Waals surface area contributed by atoms with Crippen LogP contribution in [0.25, 0.3) is 0 Å². The number of primary amides is 1. The Kier molecular flexibility index (Phi) is 6.08. The number of hydrogen-bond acceptors (Lipinski definition) is 5. The van der Waals surface area contributed by atoms with Gasteiger partial charge in [-0.1, -0.05) is 6.07 Å². The van der Waals surface area contributed by atoms with E-state index in [4.69, 9.17) is 16.2 Å². The van der Waals surface area contributed by atoms with Gasteiger partial charge in [-0.15, -0.1) is 0 Å². The number of amides is 1. The molecule has 0 heterocycles. The Morgan fingerprint density at radius 3 is 2.65 bits per heavy atom. The molecular formula is C12H19N3O4S. The number of hydrogen-bond donors (Lipinski definition) is 3. The van der Waals surface area contributed by atoms with E-state index in [-0.39, 0.29) is 24.7 Å². The van der Waals surface area contributed by atoms with Gasteiger partial charge in [-0.25, -0.2) is 13.1 Å². The van der Waals surface area contributed by atoms with E-state index in [2.05, 4.69) is 4.72 Å². The van der Waals surface area contributed by atoms with E-state index in [1.807, 2.05) is 0 Å². The summed E-state index contributed by atoms with van der Waals surface area (Å²) in [6.45, 7) is 2.07. The normalized spacial score (nSPS) is 11.5. The van der Waals surface area contributed by atoms with Crippen molar-refractivity contribution in [1.82, 2.24) is 4.72 Å². The second-order valence-corrected chi connectivity index (χ2v) is 5.98. The molecule has 0 unspecified atom stereocenters. The Morgan fingerprint density at radius 1 is 1.40 bits per heavy atom.